The SMILES string of the molecule is C=CCOc1ccccc1CNC(=NC)NC(C)c1ccc(F)c(F)c1. The third-order valence-electron chi connectivity index (χ3n) is 3.80. The molecule has 1 unspecified atom stereocenters. The second kappa shape index (κ2) is 9.56. The van der Waals surface area contributed by atoms with Crippen molar-refractivity contribution in [1.82, 2.24) is 10.6 Å². The molecule has 2 rings (SSSR count). The smallest absolute Gasteiger partial charge is 0.191 e. The van der Waals surface area contributed by atoms with Gasteiger partial charge in [-0.15, -0.1) is 0 Å². The molecule has 0 saturated heterocycles. The van der Waals surface area contributed by atoms with Gasteiger partial charge in [0.05, 0.1) is 6.04 Å². The summed E-state index contributed by atoms with van der Waals surface area (Å²) in [5, 5.41) is 6.35. The van der Waals surface area contributed by atoms with Crippen LogP contribution in [-0.2, 0) is 6.54 Å². The van der Waals surface area contributed by atoms with Crippen molar-refractivity contribution >= 4 is 5.96 Å². The molecule has 0 aliphatic rings. The Morgan fingerprint density at radius 3 is 2.69 bits per heavy atom. The number of halogens is 2. The van der Waals surface area contributed by atoms with E-state index >= 15 is 0 Å². The van der Waals surface area contributed by atoms with Gasteiger partial charge in [-0.05, 0) is 30.7 Å². The van der Waals surface area contributed by atoms with Crippen molar-refractivity contribution in [3.8, 4) is 5.75 Å². The van der Waals surface area contributed by atoms with E-state index in [1.54, 1.807) is 19.2 Å². The zero-order chi connectivity index (χ0) is 18.9. The Morgan fingerprint density at radius 2 is 2.00 bits per heavy atom. The Bertz CT molecular complexity index is 777. The maximum atomic E-state index is 13.4. The molecule has 138 valence electrons. The van der Waals surface area contributed by atoms with Crippen LogP contribution in [0.5, 0.6) is 5.75 Å². The number of ether oxygens (including phenoxy) is 1. The number of nitrogens with one attached hydrogen (secondary N) is 2. The highest BCUT2D eigenvalue weighted by atomic mass is 19.2. The fraction of sp³-hybridized carbons (Fsp3) is 0.250. The normalized spacial score (nSPS) is 12.4. The number of rotatable bonds is 7. The zero-order valence-electron chi connectivity index (χ0n) is 14.9. The highest BCUT2D eigenvalue weighted by Crippen LogP contribution is 2.18. The van der Waals surface area contributed by atoms with Crippen LogP contribution in [-0.4, -0.2) is 19.6 Å². The van der Waals surface area contributed by atoms with Crippen molar-refractivity contribution in [2.24, 2.45) is 4.99 Å². The summed E-state index contributed by atoms with van der Waals surface area (Å²) in [6.07, 6.45) is 1.69. The minimum Gasteiger partial charge on any atom is -0.489 e. The third-order valence-corrected chi connectivity index (χ3v) is 3.80. The van der Waals surface area contributed by atoms with Gasteiger partial charge < -0.3 is 15.4 Å². The van der Waals surface area contributed by atoms with Crippen molar-refractivity contribution in [1.29, 1.82) is 0 Å². The molecule has 2 N–H and O–H groups in total. The van der Waals surface area contributed by atoms with E-state index in [1.165, 1.54) is 6.07 Å². The Labute approximate surface area is 152 Å². The highest BCUT2D eigenvalue weighted by molar-refractivity contribution is 5.80. The summed E-state index contributed by atoms with van der Waals surface area (Å²) in [7, 11) is 1.65. The fourth-order valence-electron chi connectivity index (χ4n) is 2.38. The average Bonchev–Trinajstić information content (AvgIpc) is 2.66. The van der Waals surface area contributed by atoms with E-state index in [0.29, 0.717) is 24.7 Å². The van der Waals surface area contributed by atoms with Crippen LogP contribution in [0.1, 0.15) is 24.1 Å². The molecule has 0 amide bonds. The lowest BCUT2D eigenvalue weighted by Crippen LogP contribution is -2.38. The number of hydrogen-bond acceptors (Lipinski definition) is 2. The van der Waals surface area contributed by atoms with Crippen LogP contribution in [0.25, 0.3) is 0 Å². The average molecular weight is 359 g/mol. The molecule has 26 heavy (non-hydrogen) atoms. The Kier molecular flexibility index (Phi) is 7.14. The lowest BCUT2D eigenvalue weighted by Gasteiger charge is -2.19. The van der Waals surface area contributed by atoms with E-state index in [4.69, 9.17) is 4.74 Å². The van der Waals surface area contributed by atoms with Crippen molar-refractivity contribution in [2.75, 3.05) is 13.7 Å². The van der Waals surface area contributed by atoms with E-state index < -0.39 is 11.6 Å². The van der Waals surface area contributed by atoms with E-state index in [9.17, 15) is 8.78 Å². The van der Waals surface area contributed by atoms with Crippen molar-refractivity contribution < 1.29 is 13.5 Å². The molecule has 0 spiro atoms. The zero-order valence-corrected chi connectivity index (χ0v) is 14.9. The van der Waals surface area contributed by atoms with Gasteiger partial charge >= 0.3 is 0 Å². The quantitative estimate of drug-likeness (QED) is 0.447. The van der Waals surface area contributed by atoms with Gasteiger partial charge in [0.1, 0.15) is 12.4 Å². The summed E-state index contributed by atoms with van der Waals surface area (Å²) < 4.78 is 32.1. The van der Waals surface area contributed by atoms with E-state index in [2.05, 4.69) is 22.2 Å². The lowest BCUT2D eigenvalue weighted by atomic mass is 10.1. The van der Waals surface area contributed by atoms with Crippen LogP contribution in [0.3, 0.4) is 0 Å². The lowest BCUT2D eigenvalue weighted by molar-refractivity contribution is 0.358. The molecule has 6 heteroatoms. The van der Waals surface area contributed by atoms with Crippen molar-refractivity contribution in [3.63, 3.8) is 0 Å². The van der Waals surface area contributed by atoms with Gasteiger partial charge in [-0.3, -0.25) is 4.99 Å². The summed E-state index contributed by atoms with van der Waals surface area (Å²) in [5.74, 6) is -0.420. The van der Waals surface area contributed by atoms with Crippen LogP contribution in [0.4, 0.5) is 8.78 Å². The van der Waals surface area contributed by atoms with E-state index in [-0.39, 0.29) is 6.04 Å². The molecule has 0 radical (unpaired) electrons. The van der Waals surface area contributed by atoms with Crippen LogP contribution >= 0.6 is 0 Å². The molecule has 2 aromatic rings. The molecule has 0 aliphatic carbocycles. The molecule has 2 aromatic carbocycles. The van der Waals surface area contributed by atoms with Gasteiger partial charge in [-0.1, -0.05) is 36.9 Å². The topological polar surface area (TPSA) is 45.6 Å². The van der Waals surface area contributed by atoms with Gasteiger partial charge in [-0.2, -0.15) is 0 Å². The van der Waals surface area contributed by atoms with Crippen LogP contribution < -0.4 is 15.4 Å². The third kappa shape index (κ3) is 5.31. The molecular formula is C20H23F2N3O. The minimum atomic E-state index is -0.868. The number of aliphatic imine (C=N–C) groups is 1. The Balaban J connectivity index is 1.99. The van der Waals surface area contributed by atoms with Gasteiger partial charge in [0.2, 0.25) is 0 Å². The first-order chi connectivity index (χ1) is 12.5. The number of hydrogen-bond donors (Lipinski definition) is 2. The van der Waals surface area contributed by atoms with Gasteiger partial charge in [0.15, 0.2) is 17.6 Å². The summed E-state index contributed by atoms with van der Waals surface area (Å²) >= 11 is 0. The monoisotopic (exact) mass is 359 g/mol. The van der Waals surface area contributed by atoms with Crippen molar-refractivity contribution in [3.05, 3.63) is 77.9 Å². The van der Waals surface area contributed by atoms with Crippen LogP contribution in [0.2, 0.25) is 0 Å². The maximum Gasteiger partial charge on any atom is 0.191 e. The molecule has 0 aromatic heterocycles. The summed E-state index contributed by atoms with van der Waals surface area (Å²) in [4.78, 5) is 4.17. The summed E-state index contributed by atoms with van der Waals surface area (Å²) in [5.41, 5.74) is 1.60. The highest BCUT2D eigenvalue weighted by Gasteiger charge is 2.11. The summed E-state index contributed by atoms with van der Waals surface area (Å²) in [6, 6.07) is 11.3. The second-order valence-corrected chi connectivity index (χ2v) is 5.67. The first kappa shape index (κ1) is 19.4. The molecule has 1 atom stereocenters. The number of guanidine groups is 1. The molecule has 0 bridgehead atoms. The Hall–Kier alpha value is -2.89. The van der Waals surface area contributed by atoms with Crippen molar-refractivity contribution in [2.45, 2.75) is 19.5 Å². The number of para-hydroxylation sites is 1. The molecule has 0 aliphatic heterocycles. The predicted octanol–water partition coefficient (Wildman–Crippen LogP) is 3.96. The predicted molar refractivity (Wildman–Crippen MR) is 100 cm³/mol. The molecular weight excluding hydrogens is 336 g/mol. The minimum absolute atomic E-state index is 0.247. The van der Waals surface area contributed by atoms with Gasteiger partial charge in [0.25, 0.3) is 0 Å². The van der Waals surface area contributed by atoms with Crippen LogP contribution in [0.15, 0.2) is 60.1 Å². The largest absolute Gasteiger partial charge is 0.489 e. The first-order valence-electron chi connectivity index (χ1n) is 8.29. The Morgan fingerprint density at radius 1 is 1.23 bits per heavy atom. The summed E-state index contributed by atoms with van der Waals surface area (Å²) in [6.45, 7) is 6.42. The molecule has 0 fully saturated rings. The van der Waals surface area contributed by atoms with E-state index in [0.717, 1.165) is 17.4 Å². The first-order valence-corrected chi connectivity index (χ1v) is 8.29. The number of nitrogens with zero attached hydrogens (tertiary/aromatic N) is 1. The maximum absolute atomic E-state index is 13.4. The second-order valence-electron chi connectivity index (χ2n) is 5.67. The standard InChI is InChI=1S/C20H23F2N3O/c1-4-11-26-19-8-6-5-7-16(19)13-24-20(23-3)25-14(2)15-9-10-17(21)18(22)12-15/h4-10,12,14H,1,11,13H2,2-3H3,(H2,23,24,25). The van der Waals surface area contributed by atoms with Gasteiger partial charge in [-0.25, -0.2) is 8.78 Å². The number of benzene rings is 2. The van der Waals surface area contributed by atoms with E-state index in [1.807, 2.05) is 31.2 Å². The molecule has 4 nitrogen and oxygen atoms in total. The van der Waals surface area contributed by atoms with Crippen LogP contribution in [0, 0.1) is 11.6 Å². The molecule has 0 heterocycles. The van der Waals surface area contributed by atoms with Gasteiger partial charge in [0, 0.05) is 19.2 Å². The fourth-order valence-corrected chi connectivity index (χ4v) is 2.38. The molecule has 0 saturated carbocycles.